The summed E-state index contributed by atoms with van der Waals surface area (Å²) in [5.74, 6) is -0.343. The summed E-state index contributed by atoms with van der Waals surface area (Å²) >= 11 is 0. The maximum absolute atomic E-state index is 12.3. The van der Waals surface area contributed by atoms with Crippen molar-refractivity contribution in [1.82, 2.24) is 10.2 Å². The smallest absolute Gasteiger partial charge is 0.317 e. The van der Waals surface area contributed by atoms with Crippen LogP contribution in [0.3, 0.4) is 0 Å². The number of amides is 1. The zero-order valence-electron chi connectivity index (χ0n) is 12.1. The van der Waals surface area contributed by atoms with E-state index in [2.05, 4.69) is 5.32 Å². The molecular weight excluding hydrogens is 268 g/mol. The molecule has 0 aliphatic carbocycles. The average molecular weight is 290 g/mol. The first kappa shape index (κ1) is 15.5. The second-order valence-electron chi connectivity index (χ2n) is 5.54. The number of rotatable bonds is 6. The molecule has 1 atom stereocenters. The number of carboxylic acid groups (broad SMARTS) is 1. The Morgan fingerprint density at radius 2 is 2.05 bits per heavy atom. The number of hydrogen-bond donors (Lipinski definition) is 2. The highest BCUT2D eigenvalue weighted by atomic mass is 16.4. The lowest BCUT2D eigenvalue weighted by Crippen LogP contribution is -2.44. The molecule has 0 spiro atoms. The Bertz CT molecular complexity index is 476. The molecule has 2 N–H and O–H groups in total. The van der Waals surface area contributed by atoms with Gasteiger partial charge in [0.1, 0.15) is 0 Å². The van der Waals surface area contributed by atoms with Gasteiger partial charge in [0.15, 0.2) is 0 Å². The van der Waals surface area contributed by atoms with Crippen LogP contribution in [0, 0.1) is 5.92 Å². The number of carbonyl (C=O) groups excluding carboxylic acids is 1. The van der Waals surface area contributed by atoms with Gasteiger partial charge in [0.05, 0.1) is 13.0 Å². The molecule has 5 nitrogen and oxygen atoms in total. The van der Waals surface area contributed by atoms with E-state index in [-0.39, 0.29) is 12.5 Å². The van der Waals surface area contributed by atoms with E-state index >= 15 is 0 Å². The molecule has 0 radical (unpaired) electrons. The van der Waals surface area contributed by atoms with E-state index in [1.807, 2.05) is 35.2 Å². The van der Waals surface area contributed by atoms with Crippen molar-refractivity contribution in [3.8, 4) is 0 Å². The molecule has 0 aromatic heterocycles. The fourth-order valence-corrected chi connectivity index (χ4v) is 2.72. The lowest BCUT2D eigenvalue weighted by molar-refractivity contribution is -0.136. The molecule has 1 aromatic carbocycles. The predicted molar refractivity (Wildman–Crippen MR) is 80.0 cm³/mol. The van der Waals surface area contributed by atoms with Gasteiger partial charge >= 0.3 is 5.97 Å². The summed E-state index contributed by atoms with van der Waals surface area (Å²) < 4.78 is 0. The first-order valence-corrected chi connectivity index (χ1v) is 7.39. The lowest BCUT2D eigenvalue weighted by Gasteiger charge is -2.33. The van der Waals surface area contributed by atoms with Crippen molar-refractivity contribution in [2.75, 3.05) is 26.2 Å². The molecule has 114 valence electrons. The molecule has 0 saturated carbocycles. The molecule has 1 fully saturated rings. The molecule has 1 aliphatic rings. The first-order chi connectivity index (χ1) is 10.1. The van der Waals surface area contributed by atoms with Crippen LogP contribution in [0.5, 0.6) is 0 Å². The summed E-state index contributed by atoms with van der Waals surface area (Å²) in [6, 6.07) is 9.76. The number of likely N-dealkylation sites (tertiary alicyclic amines) is 1. The van der Waals surface area contributed by atoms with Crippen molar-refractivity contribution in [3.63, 3.8) is 0 Å². The Morgan fingerprint density at radius 3 is 2.76 bits per heavy atom. The van der Waals surface area contributed by atoms with Gasteiger partial charge in [-0.15, -0.1) is 0 Å². The standard InChI is InChI=1S/C16H22N2O3/c19-15(9-13-5-2-1-3-6-13)18-8-4-7-14(12-18)10-17-11-16(20)21/h1-3,5-6,14,17H,4,7-12H2,(H,20,21). The van der Waals surface area contributed by atoms with Gasteiger partial charge < -0.3 is 15.3 Å². The molecule has 5 heteroatoms. The van der Waals surface area contributed by atoms with Gasteiger partial charge in [0, 0.05) is 19.6 Å². The normalized spacial score (nSPS) is 18.5. The first-order valence-electron chi connectivity index (χ1n) is 7.39. The van der Waals surface area contributed by atoms with E-state index in [0.717, 1.165) is 31.5 Å². The minimum absolute atomic E-state index is 0.0194. The topological polar surface area (TPSA) is 69.6 Å². The lowest BCUT2D eigenvalue weighted by atomic mass is 9.97. The SMILES string of the molecule is O=C(O)CNCC1CCCN(C(=O)Cc2ccccc2)C1. The van der Waals surface area contributed by atoms with Crippen LogP contribution in [0.2, 0.25) is 0 Å². The van der Waals surface area contributed by atoms with Gasteiger partial charge in [-0.05, 0) is 24.3 Å². The summed E-state index contributed by atoms with van der Waals surface area (Å²) in [6.07, 6.45) is 2.47. The second-order valence-corrected chi connectivity index (χ2v) is 5.54. The molecule has 1 aromatic rings. The Labute approximate surface area is 125 Å². The van der Waals surface area contributed by atoms with Crippen LogP contribution < -0.4 is 5.32 Å². The zero-order valence-corrected chi connectivity index (χ0v) is 12.1. The van der Waals surface area contributed by atoms with Gasteiger partial charge in [0.2, 0.25) is 5.91 Å². The van der Waals surface area contributed by atoms with Crippen LogP contribution in [0.1, 0.15) is 18.4 Å². The van der Waals surface area contributed by atoms with Crippen molar-refractivity contribution in [2.45, 2.75) is 19.3 Å². The van der Waals surface area contributed by atoms with Gasteiger partial charge in [-0.25, -0.2) is 0 Å². The molecule has 21 heavy (non-hydrogen) atoms. The third-order valence-electron chi connectivity index (χ3n) is 3.78. The number of aliphatic carboxylic acids is 1. The minimum atomic E-state index is -0.845. The van der Waals surface area contributed by atoms with Gasteiger partial charge in [-0.3, -0.25) is 9.59 Å². The van der Waals surface area contributed by atoms with E-state index in [4.69, 9.17) is 5.11 Å². The quantitative estimate of drug-likeness (QED) is 0.824. The largest absolute Gasteiger partial charge is 0.480 e. The number of nitrogens with zero attached hydrogens (tertiary/aromatic N) is 1. The number of carbonyl (C=O) groups is 2. The maximum Gasteiger partial charge on any atom is 0.317 e. The second kappa shape index (κ2) is 7.78. The van der Waals surface area contributed by atoms with Gasteiger partial charge in [0.25, 0.3) is 0 Å². The Hall–Kier alpha value is -1.88. The highest BCUT2D eigenvalue weighted by molar-refractivity contribution is 5.78. The number of benzene rings is 1. The summed E-state index contributed by atoms with van der Waals surface area (Å²) in [5, 5.41) is 11.5. The minimum Gasteiger partial charge on any atom is -0.480 e. The van der Waals surface area contributed by atoms with E-state index in [1.165, 1.54) is 0 Å². The molecule has 1 heterocycles. The van der Waals surface area contributed by atoms with Crippen LogP contribution in [0.4, 0.5) is 0 Å². The van der Waals surface area contributed by atoms with Gasteiger partial charge in [-0.1, -0.05) is 30.3 Å². The fraction of sp³-hybridized carbons (Fsp3) is 0.500. The molecular formula is C16H22N2O3. The molecule has 0 bridgehead atoms. The van der Waals surface area contributed by atoms with Crippen molar-refractivity contribution in [1.29, 1.82) is 0 Å². The molecule has 2 rings (SSSR count). The average Bonchev–Trinajstić information content (AvgIpc) is 2.48. The van der Waals surface area contributed by atoms with Crippen molar-refractivity contribution >= 4 is 11.9 Å². The number of hydrogen-bond acceptors (Lipinski definition) is 3. The van der Waals surface area contributed by atoms with Crippen LogP contribution in [-0.2, 0) is 16.0 Å². The Balaban J connectivity index is 1.80. The Kier molecular flexibility index (Phi) is 5.75. The third-order valence-corrected chi connectivity index (χ3v) is 3.78. The van der Waals surface area contributed by atoms with E-state index < -0.39 is 5.97 Å². The van der Waals surface area contributed by atoms with Crippen molar-refractivity contribution in [3.05, 3.63) is 35.9 Å². The maximum atomic E-state index is 12.3. The van der Waals surface area contributed by atoms with E-state index in [1.54, 1.807) is 0 Å². The Morgan fingerprint density at radius 1 is 1.29 bits per heavy atom. The molecule has 1 amide bonds. The van der Waals surface area contributed by atoms with Crippen LogP contribution in [-0.4, -0.2) is 48.1 Å². The number of piperidine rings is 1. The fourth-order valence-electron chi connectivity index (χ4n) is 2.72. The number of nitrogens with one attached hydrogen (secondary N) is 1. The van der Waals surface area contributed by atoms with Crippen LogP contribution in [0.25, 0.3) is 0 Å². The monoisotopic (exact) mass is 290 g/mol. The van der Waals surface area contributed by atoms with Crippen LogP contribution >= 0.6 is 0 Å². The number of carboxylic acids is 1. The van der Waals surface area contributed by atoms with E-state index in [9.17, 15) is 9.59 Å². The van der Waals surface area contributed by atoms with Crippen molar-refractivity contribution < 1.29 is 14.7 Å². The summed E-state index contributed by atoms with van der Waals surface area (Å²) in [6.45, 7) is 2.16. The van der Waals surface area contributed by atoms with E-state index in [0.29, 0.717) is 18.9 Å². The summed E-state index contributed by atoms with van der Waals surface area (Å²) in [4.78, 5) is 24.7. The molecule has 1 aliphatic heterocycles. The molecule has 1 unspecified atom stereocenters. The third kappa shape index (κ3) is 5.19. The van der Waals surface area contributed by atoms with Crippen LogP contribution in [0.15, 0.2) is 30.3 Å². The van der Waals surface area contributed by atoms with Gasteiger partial charge in [-0.2, -0.15) is 0 Å². The predicted octanol–water partition coefficient (Wildman–Crippen LogP) is 1.14. The molecule has 1 saturated heterocycles. The van der Waals surface area contributed by atoms with Crippen molar-refractivity contribution in [2.24, 2.45) is 5.92 Å². The highest BCUT2D eigenvalue weighted by Gasteiger charge is 2.23. The summed E-state index contributed by atoms with van der Waals surface area (Å²) in [7, 11) is 0. The summed E-state index contributed by atoms with van der Waals surface area (Å²) in [5.41, 5.74) is 1.04. The highest BCUT2D eigenvalue weighted by Crippen LogP contribution is 2.17. The zero-order chi connectivity index (χ0) is 15.1.